The molecule has 1 amide bonds. The van der Waals surface area contributed by atoms with Gasteiger partial charge in [-0.15, -0.1) is 4.80 Å². The summed E-state index contributed by atoms with van der Waals surface area (Å²) in [5, 5.41) is 16.9. The predicted octanol–water partition coefficient (Wildman–Crippen LogP) is 3.35. The summed E-state index contributed by atoms with van der Waals surface area (Å²) in [6.07, 6.45) is 4.10. The van der Waals surface area contributed by atoms with Gasteiger partial charge in [0.05, 0.1) is 41.1 Å². The first kappa shape index (κ1) is 20.6. The molecule has 1 aliphatic heterocycles. The molecule has 0 spiro atoms. The first-order valence-electron chi connectivity index (χ1n) is 8.83. The Balaban J connectivity index is 1.64. The molecule has 0 aromatic carbocycles. The molecule has 0 fully saturated rings. The zero-order valence-electron chi connectivity index (χ0n) is 15.8. The van der Waals surface area contributed by atoms with Crippen LogP contribution in [0.15, 0.2) is 54.8 Å². The van der Waals surface area contributed by atoms with Gasteiger partial charge < -0.3 is 10.6 Å². The van der Waals surface area contributed by atoms with Gasteiger partial charge in [0.2, 0.25) is 0 Å². The lowest BCUT2D eigenvalue weighted by Crippen LogP contribution is -2.31. The predicted molar refractivity (Wildman–Crippen MR) is 104 cm³/mol. The van der Waals surface area contributed by atoms with E-state index in [1.165, 1.54) is 35.7 Å². The third-order valence-electron chi connectivity index (χ3n) is 4.38. The number of alkyl halides is 3. The lowest BCUT2D eigenvalue weighted by Gasteiger charge is -2.24. The van der Waals surface area contributed by atoms with Crippen LogP contribution in [0.25, 0.3) is 5.82 Å². The summed E-state index contributed by atoms with van der Waals surface area (Å²) in [7, 11) is 0. The average Bonchev–Trinajstić information content (AvgIpc) is 3.38. The number of pyridine rings is 1. The SMILES string of the molecule is CC1=CC=CNC1n1ncc(C(=O)Nc2cnc(-n3nccn3)c(Cl)c2)c1C(F)(F)F. The van der Waals surface area contributed by atoms with E-state index >= 15 is 0 Å². The zero-order valence-corrected chi connectivity index (χ0v) is 16.6. The first-order valence-corrected chi connectivity index (χ1v) is 9.21. The minimum Gasteiger partial charge on any atom is -0.366 e. The van der Waals surface area contributed by atoms with Crippen molar-refractivity contribution in [3.05, 3.63) is 71.1 Å². The Morgan fingerprint density at radius 3 is 2.61 bits per heavy atom. The minimum absolute atomic E-state index is 0.0969. The number of rotatable bonds is 4. The summed E-state index contributed by atoms with van der Waals surface area (Å²) in [5.74, 6) is -0.804. The maximum Gasteiger partial charge on any atom is 0.433 e. The number of dihydropyridines is 1. The van der Waals surface area contributed by atoms with E-state index in [1.807, 2.05) is 0 Å². The van der Waals surface area contributed by atoms with Gasteiger partial charge in [-0.05, 0) is 30.8 Å². The van der Waals surface area contributed by atoms with Crippen molar-refractivity contribution in [1.82, 2.24) is 35.1 Å². The van der Waals surface area contributed by atoms with E-state index in [1.54, 1.807) is 19.1 Å². The molecule has 0 saturated carbocycles. The molecule has 160 valence electrons. The fraction of sp³-hybridized carbons (Fsp3) is 0.167. The van der Waals surface area contributed by atoms with Gasteiger partial charge in [0, 0.05) is 0 Å². The van der Waals surface area contributed by atoms with Crippen LogP contribution in [0.1, 0.15) is 29.1 Å². The minimum atomic E-state index is -4.82. The molecule has 31 heavy (non-hydrogen) atoms. The number of hydrogen-bond donors (Lipinski definition) is 2. The van der Waals surface area contributed by atoms with Gasteiger partial charge >= 0.3 is 6.18 Å². The van der Waals surface area contributed by atoms with Crippen molar-refractivity contribution in [2.45, 2.75) is 19.3 Å². The molecule has 1 aliphatic rings. The lowest BCUT2D eigenvalue weighted by molar-refractivity contribution is -0.145. The maximum atomic E-state index is 13.8. The molecule has 2 N–H and O–H groups in total. The second-order valence-electron chi connectivity index (χ2n) is 6.49. The number of hydrogen-bond acceptors (Lipinski definition) is 6. The van der Waals surface area contributed by atoms with Crippen LogP contribution in [-0.2, 0) is 6.18 Å². The van der Waals surface area contributed by atoms with Crippen LogP contribution >= 0.6 is 11.6 Å². The Kier molecular flexibility index (Phi) is 5.23. The molecular formula is C18H14ClF3N8O. The van der Waals surface area contributed by atoms with Crippen LogP contribution in [0.3, 0.4) is 0 Å². The number of amides is 1. The fourth-order valence-electron chi connectivity index (χ4n) is 3.01. The second kappa shape index (κ2) is 7.87. The molecule has 9 nitrogen and oxygen atoms in total. The van der Waals surface area contributed by atoms with E-state index < -0.39 is 29.5 Å². The van der Waals surface area contributed by atoms with Gasteiger partial charge in [0.1, 0.15) is 6.17 Å². The number of aromatic nitrogens is 6. The monoisotopic (exact) mass is 450 g/mol. The summed E-state index contributed by atoms with van der Waals surface area (Å²) in [5.41, 5.74) is -1.11. The van der Waals surface area contributed by atoms with Gasteiger partial charge in [-0.3, -0.25) is 4.79 Å². The molecule has 13 heteroatoms. The number of carbonyl (C=O) groups is 1. The average molecular weight is 451 g/mol. The van der Waals surface area contributed by atoms with E-state index in [9.17, 15) is 18.0 Å². The van der Waals surface area contributed by atoms with Crippen LogP contribution in [0.4, 0.5) is 18.9 Å². The smallest absolute Gasteiger partial charge is 0.366 e. The summed E-state index contributed by atoms with van der Waals surface area (Å²) >= 11 is 6.14. The third-order valence-corrected chi connectivity index (χ3v) is 4.66. The standard InChI is InChI=1S/C18H14ClF3N8O/c1-10-3-2-4-23-15(10)29-14(18(20,21)22)12(9-27-29)17(31)28-11-7-13(19)16(24-8-11)30-25-5-6-26-30/h2-9,15,23H,1H3,(H,28,31). The summed E-state index contributed by atoms with van der Waals surface area (Å²) in [6, 6.07) is 1.34. The molecule has 3 aromatic heterocycles. The molecule has 0 radical (unpaired) electrons. The molecule has 4 heterocycles. The van der Waals surface area contributed by atoms with Crippen molar-refractivity contribution in [2.75, 3.05) is 5.32 Å². The number of allylic oxidation sites excluding steroid dienone is 2. The molecule has 0 saturated heterocycles. The Labute approximate surface area is 178 Å². The molecule has 4 rings (SSSR count). The molecule has 1 unspecified atom stereocenters. The Hall–Kier alpha value is -3.67. The Morgan fingerprint density at radius 1 is 1.23 bits per heavy atom. The second-order valence-corrected chi connectivity index (χ2v) is 6.90. The third kappa shape index (κ3) is 4.01. The van der Waals surface area contributed by atoms with Crippen LogP contribution < -0.4 is 10.6 Å². The quantitative estimate of drug-likeness (QED) is 0.632. The van der Waals surface area contributed by atoms with Crippen molar-refractivity contribution in [2.24, 2.45) is 0 Å². The summed E-state index contributed by atoms with van der Waals surface area (Å²) < 4.78 is 42.3. The highest BCUT2D eigenvalue weighted by Gasteiger charge is 2.42. The Morgan fingerprint density at radius 2 is 1.97 bits per heavy atom. The van der Waals surface area contributed by atoms with Gasteiger partial charge in [0.25, 0.3) is 5.91 Å². The van der Waals surface area contributed by atoms with E-state index in [0.717, 1.165) is 10.9 Å². The highest BCUT2D eigenvalue weighted by atomic mass is 35.5. The Bertz CT molecular complexity index is 1180. The van der Waals surface area contributed by atoms with Crippen molar-refractivity contribution in [3.8, 4) is 5.82 Å². The van der Waals surface area contributed by atoms with Gasteiger partial charge in [-0.25, -0.2) is 9.67 Å². The van der Waals surface area contributed by atoms with Crippen LogP contribution in [-0.4, -0.2) is 35.7 Å². The number of nitrogens with zero attached hydrogens (tertiary/aromatic N) is 6. The van der Waals surface area contributed by atoms with E-state index in [-0.39, 0.29) is 16.5 Å². The summed E-state index contributed by atoms with van der Waals surface area (Å²) in [4.78, 5) is 17.9. The van der Waals surface area contributed by atoms with Crippen LogP contribution in [0, 0.1) is 0 Å². The molecule has 3 aromatic rings. The van der Waals surface area contributed by atoms with Gasteiger partial charge in [-0.1, -0.05) is 17.7 Å². The zero-order chi connectivity index (χ0) is 22.2. The van der Waals surface area contributed by atoms with Crippen molar-refractivity contribution in [1.29, 1.82) is 0 Å². The highest BCUT2D eigenvalue weighted by Crippen LogP contribution is 2.35. The molecule has 0 bridgehead atoms. The maximum absolute atomic E-state index is 13.8. The van der Waals surface area contributed by atoms with Gasteiger partial charge in [0.15, 0.2) is 11.5 Å². The van der Waals surface area contributed by atoms with Gasteiger partial charge in [-0.2, -0.15) is 28.5 Å². The largest absolute Gasteiger partial charge is 0.433 e. The fourth-order valence-corrected chi connectivity index (χ4v) is 3.25. The number of halogens is 4. The van der Waals surface area contributed by atoms with E-state index in [4.69, 9.17) is 11.6 Å². The van der Waals surface area contributed by atoms with Crippen LogP contribution in [0.5, 0.6) is 0 Å². The van der Waals surface area contributed by atoms with Crippen molar-refractivity contribution in [3.63, 3.8) is 0 Å². The highest BCUT2D eigenvalue weighted by molar-refractivity contribution is 6.32. The van der Waals surface area contributed by atoms with Crippen molar-refractivity contribution < 1.29 is 18.0 Å². The molecule has 0 aliphatic carbocycles. The summed E-state index contributed by atoms with van der Waals surface area (Å²) in [6.45, 7) is 1.66. The number of anilines is 1. The van der Waals surface area contributed by atoms with Crippen LogP contribution in [0.2, 0.25) is 5.02 Å². The molecular weight excluding hydrogens is 437 g/mol. The van der Waals surface area contributed by atoms with E-state index in [0.29, 0.717) is 5.57 Å². The molecule has 1 atom stereocenters. The van der Waals surface area contributed by atoms with Crippen molar-refractivity contribution >= 4 is 23.2 Å². The van der Waals surface area contributed by atoms with E-state index in [2.05, 4.69) is 30.9 Å². The normalized spacial score (nSPS) is 16.0. The number of carbonyl (C=O) groups excluding carboxylic acids is 1. The first-order chi connectivity index (χ1) is 14.8. The topological polar surface area (TPSA) is 103 Å². The number of nitrogens with one attached hydrogen (secondary N) is 2. The lowest BCUT2D eigenvalue weighted by atomic mass is 10.1.